The van der Waals surface area contributed by atoms with Crippen molar-refractivity contribution in [1.82, 2.24) is 9.62 Å². The first-order valence-electron chi connectivity index (χ1n) is 5.42. The van der Waals surface area contributed by atoms with Crippen LogP contribution in [0.4, 0.5) is 0 Å². The summed E-state index contributed by atoms with van der Waals surface area (Å²) in [5.41, 5.74) is -0.174. The molecule has 1 N–H and O–H groups in total. The highest BCUT2D eigenvalue weighted by Crippen LogP contribution is 2.19. The predicted octanol–water partition coefficient (Wildman–Crippen LogP) is 1.08. The highest BCUT2D eigenvalue weighted by molar-refractivity contribution is 7.89. The topological polar surface area (TPSA) is 49.4 Å². The third kappa shape index (κ3) is 4.99. The molecule has 16 heavy (non-hydrogen) atoms. The number of nitrogens with zero attached hydrogens (tertiary/aromatic N) is 1. The Balaban J connectivity index is 0.00000225. The molecule has 4 nitrogen and oxygen atoms in total. The molecule has 1 fully saturated rings. The van der Waals surface area contributed by atoms with E-state index in [-0.39, 0.29) is 29.6 Å². The maximum atomic E-state index is 12.0. The van der Waals surface area contributed by atoms with E-state index in [1.807, 2.05) is 27.7 Å². The third-order valence-corrected chi connectivity index (χ3v) is 4.69. The van der Waals surface area contributed by atoms with Crippen LogP contribution in [0, 0.1) is 5.41 Å². The molecule has 0 aromatic rings. The van der Waals surface area contributed by atoms with E-state index in [0.717, 1.165) is 6.54 Å². The summed E-state index contributed by atoms with van der Waals surface area (Å²) in [6.45, 7) is 9.83. The Morgan fingerprint density at radius 3 is 2.38 bits per heavy atom. The molecule has 0 aliphatic carbocycles. The number of piperazine rings is 1. The monoisotopic (exact) mass is 270 g/mol. The molecule has 1 rings (SSSR count). The molecule has 0 bridgehead atoms. The second-order valence-corrected chi connectivity index (χ2v) is 7.50. The van der Waals surface area contributed by atoms with Gasteiger partial charge in [0.15, 0.2) is 0 Å². The Bertz CT molecular complexity index is 311. The quantitative estimate of drug-likeness (QED) is 0.817. The van der Waals surface area contributed by atoms with Crippen LogP contribution in [0.2, 0.25) is 0 Å². The van der Waals surface area contributed by atoms with E-state index in [0.29, 0.717) is 13.1 Å². The van der Waals surface area contributed by atoms with Crippen molar-refractivity contribution >= 4 is 22.4 Å². The van der Waals surface area contributed by atoms with Crippen molar-refractivity contribution in [3.63, 3.8) is 0 Å². The molecule has 1 atom stereocenters. The largest absolute Gasteiger partial charge is 0.312 e. The summed E-state index contributed by atoms with van der Waals surface area (Å²) in [6, 6.07) is 0.258. The highest BCUT2D eigenvalue weighted by Gasteiger charge is 2.30. The molecular weight excluding hydrogens is 248 g/mol. The number of hydrogen-bond donors (Lipinski definition) is 1. The molecule has 98 valence electrons. The Morgan fingerprint density at radius 2 is 1.94 bits per heavy atom. The second-order valence-electron chi connectivity index (χ2n) is 5.53. The van der Waals surface area contributed by atoms with Crippen molar-refractivity contribution in [3.8, 4) is 0 Å². The molecule has 0 aromatic heterocycles. The number of hydrogen-bond acceptors (Lipinski definition) is 3. The predicted molar refractivity (Wildman–Crippen MR) is 69.5 cm³/mol. The van der Waals surface area contributed by atoms with Crippen molar-refractivity contribution in [2.75, 3.05) is 25.4 Å². The highest BCUT2D eigenvalue weighted by atomic mass is 35.5. The van der Waals surface area contributed by atoms with Crippen LogP contribution in [-0.4, -0.2) is 44.2 Å². The lowest BCUT2D eigenvalue weighted by Gasteiger charge is -2.33. The molecule has 0 amide bonds. The molecule has 0 unspecified atom stereocenters. The van der Waals surface area contributed by atoms with Crippen molar-refractivity contribution in [2.45, 2.75) is 33.7 Å². The first kappa shape index (κ1) is 16.2. The van der Waals surface area contributed by atoms with Gasteiger partial charge in [-0.25, -0.2) is 8.42 Å². The average Bonchev–Trinajstić information content (AvgIpc) is 1.99. The minimum atomic E-state index is -3.08. The van der Waals surface area contributed by atoms with Gasteiger partial charge in [0.05, 0.1) is 5.75 Å². The summed E-state index contributed by atoms with van der Waals surface area (Å²) in [5.74, 6) is 0.229. The maximum absolute atomic E-state index is 12.0. The summed E-state index contributed by atoms with van der Waals surface area (Å²) in [5, 5.41) is 3.24. The summed E-state index contributed by atoms with van der Waals surface area (Å²) in [6.07, 6.45) is 0. The van der Waals surface area contributed by atoms with Gasteiger partial charge in [0.25, 0.3) is 0 Å². The van der Waals surface area contributed by atoms with Gasteiger partial charge in [-0.2, -0.15) is 4.31 Å². The molecule has 0 radical (unpaired) electrons. The summed E-state index contributed by atoms with van der Waals surface area (Å²) in [4.78, 5) is 0. The van der Waals surface area contributed by atoms with Crippen LogP contribution >= 0.6 is 12.4 Å². The SMILES string of the molecule is C[C@@H]1CN(S(=O)(=O)CC(C)(C)C)CCN1.Cl. The second kappa shape index (κ2) is 5.67. The lowest BCUT2D eigenvalue weighted by molar-refractivity contribution is 0.304. The van der Waals surface area contributed by atoms with Crippen molar-refractivity contribution in [2.24, 2.45) is 5.41 Å². The molecule has 1 aliphatic heterocycles. The Morgan fingerprint density at radius 1 is 1.38 bits per heavy atom. The van der Waals surface area contributed by atoms with E-state index in [9.17, 15) is 8.42 Å². The van der Waals surface area contributed by atoms with Crippen molar-refractivity contribution in [3.05, 3.63) is 0 Å². The van der Waals surface area contributed by atoms with Gasteiger partial charge < -0.3 is 5.32 Å². The van der Waals surface area contributed by atoms with Crippen molar-refractivity contribution < 1.29 is 8.42 Å². The standard InChI is InChI=1S/C10H22N2O2S.ClH/c1-9-7-12(6-5-11-9)15(13,14)8-10(2,3)4;/h9,11H,5-8H2,1-4H3;1H/t9-;/m1./s1. The minimum absolute atomic E-state index is 0. The number of nitrogens with one attached hydrogen (secondary N) is 1. The molecular formula is C10H23ClN2O2S. The van der Waals surface area contributed by atoms with Gasteiger partial charge in [-0.3, -0.25) is 0 Å². The molecule has 1 heterocycles. The fourth-order valence-electron chi connectivity index (χ4n) is 1.79. The van der Waals surface area contributed by atoms with E-state index in [1.165, 1.54) is 0 Å². The average molecular weight is 271 g/mol. The number of halogens is 1. The molecule has 6 heteroatoms. The van der Waals surface area contributed by atoms with Gasteiger partial charge in [-0.15, -0.1) is 12.4 Å². The van der Waals surface area contributed by atoms with E-state index < -0.39 is 10.0 Å². The molecule has 0 aromatic carbocycles. The van der Waals surface area contributed by atoms with Gasteiger partial charge in [0.2, 0.25) is 10.0 Å². The van der Waals surface area contributed by atoms with Gasteiger partial charge in [-0.05, 0) is 12.3 Å². The Labute approximate surface area is 105 Å². The van der Waals surface area contributed by atoms with Gasteiger partial charge >= 0.3 is 0 Å². The van der Waals surface area contributed by atoms with Crippen LogP contribution in [-0.2, 0) is 10.0 Å². The zero-order valence-electron chi connectivity index (χ0n) is 10.5. The zero-order chi connectivity index (χ0) is 11.7. The van der Waals surface area contributed by atoms with Gasteiger partial charge in [0, 0.05) is 25.7 Å². The molecule has 0 spiro atoms. The van der Waals surface area contributed by atoms with Gasteiger partial charge in [0.1, 0.15) is 0 Å². The van der Waals surface area contributed by atoms with E-state index in [2.05, 4.69) is 5.32 Å². The molecule has 1 aliphatic rings. The van der Waals surface area contributed by atoms with Crippen molar-refractivity contribution in [1.29, 1.82) is 0 Å². The summed E-state index contributed by atoms with van der Waals surface area (Å²) < 4.78 is 25.7. The van der Waals surface area contributed by atoms with Crippen LogP contribution in [0.15, 0.2) is 0 Å². The third-order valence-electron chi connectivity index (χ3n) is 2.34. The van der Waals surface area contributed by atoms with E-state index in [4.69, 9.17) is 0 Å². The van der Waals surface area contributed by atoms with Crippen LogP contribution in [0.5, 0.6) is 0 Å². The Hall–Kier alpha value is 0.160. The normalized spacial score (nSPS) is 23.9. The minimum Gasteiger partial charge on any atom is -0.312 e. The van der Waals surface area contributed by atoms with Gasteiger partial charge in [-0.1, -0.05) is 20.8 Å². The number of rotatable bonds is 2. The van der Waals surface area contributed by atoms with E-state index in [1.54, 1.807) is 4.31 Å². The fourth-order valence-corrected chi connectivity index (χ4v) is 3.89. The first-order chi connectivity index (χ1) is 6.71. The molecule has 0 saturated carbocycles. The molecule has 1 saturated heterocycles. The Kier molecular flexibility index (Phi) is 5.72. The number of sulfonamides is 1. The van der Waals surface area contributed by atoms with Crippen LogP contribution < -0.4 is 5.32 Å². The first-order valence-corrected chi connectivity index (χ1v) is 7.03. The summed E-state index contributed by atoms with van der Waals surface area (Å²) >= 11 is 0. The smallest absolute Gasteiger partial charge is 0.214 e. The van der Waals surface area contributed by atoms with E-state index >= 15 is 0 Å². The van der Waals surface area contributed by atoms with Crippen LogP contribution in [0.1, 0.15) is 27.7 Å². The maximum Gasteiger partial charge on any atom is 0.214 e. The zero-order valence-corrected chi connectivity index (χ0v) is 12.1. The van der Waals surface area contributed by atoms with Crippen LogP contribution in [0.3, 0.4) is 0 Å². The fraction of sp³-hybridized carbons (Fsp3) is 1.00. The summed E-state index contributed by atoms with van der Waals surface area (Å²) in [7, 11) is -3.08. The van der Waals surface area contributed by atoms with Crippen LogP contribution in [0.25, 0.3) is 0 Å². The lowest BCUT2D eigenvalue weighted by Crippen LogP contribution is -2.52. The lowest BCUT2D eigenvalue weighted by atomic mass is 10.0.